The SMILES string of the molecule is O=C(COC(=O)c1ccc(OC(F)F)cc1)Nc1ccc([N+](=O)[O-])cc1. The van der Waals surface area contributed by atoms with Crippen LogP contribution in [0.3, 0.4) is 0 Å². The number of nitro groups is 1. The Morgan fingerprint density at radius 3 is 2.23 bits per heavy atom. The number of benzene rings is 2. The summed E-state index contributed by atoms with van der Waals surface area (Å²) < 4.78 is 33.0. The number of carbonyl (C=O) groups is 2. The number of nitrogens with zero attached hydrogens (tertiary/aromatic N) is 1. The van der Waals surface area contributed by atoms with E-state index in [2.05, 4.69) is 10.1 Å². The number of carbonyl (C=O) groups excluding carboxylic acids is 2. The fourth-order valence-electron chi connectivity index (χ4n) is 1.85. The lowest BCUT2D eigenvalue weighted by Crippen LogP contribution is -2.20. The van der Waals surface area contributed by atoms with Crippen LogP contribution in [0.4, 0.5) is 20.2 Å². The van der Waals surface area contributed by atoms with Crippen LogP contribution in [0.5, 0.6) is 5.75 Å². The Morgan fingerprint density at radius 2 is 1.69 bits per heavy atom. The molecule has 0 heterocycles. The van der Waals surface area contributed by atoms with Crippen LogP contribution in [0.15, 0.2) is 48.5 Å². The number of nitro benzene ring substituents is 1. The third-order valence-electron chi connectivity index (χ3n) is 3.01. The molecule has 2 rings (SSSR count). The number of halogens is 2. The average molecular weight is 366 g/mol. The maximum absolute atomic E-state index is 12.0. The summed E-state index contributed by atoms with van der Waals surface area (Å²) in [5.41, 5.74) is 0.216. The van der Waals surface area contributed by atoms with Gasteiger partial charge in [-0.15, -0.1) is 0 Å². The van der Waals surface area contributed by atoms with E-state index in [1.807, 2.05) is 0 Å². The van der Waals surface area contributed by atoms with Crippen molar-refractivity contribution in [3.8, 4) is 5.75 Å². The van der Waals surface area contributed by atoms with Crippen molar-refractivity contribution < 1.29 is 32.8 Å². The lowest BCUT2D eigenvalue weighted by atomic mass is 10.2. The van der Waals surface area contributed by atoms with E-state index in [0.717, 1.165) is 0 Å². The first kappa shape index (κ1) is 18.8. The molecule has 0 aliphatic carbocycles. The van der Waals surface area contributed by atoms with Crippen LogP contribution in [0.2, 0.25) is 0 Å². The number of rotatable bonds is 7. The monoisotopic (exact) mass is 366 g/mol. The van der Waals surface area contributed by atoms with Gasteiger partial charge in [0.15, 0.2) is 6.61 Å². The first-order chi connectivity index (χ1) is 12.3. The molecule has 8 nitrogen and oxygen atoms in total. The van der Waals surface area contributed by atoms with Crippen LogP contribution in [-0.2, 0) is 9.53 Å². The third kappa shape index (κ3) is 5.51. The molecule has 0 aliphatic rings. The number of non-ortho nitro benzene ring substituents is 1. The van der Waals surface area contributed by atoms with Crippen molar-refractivity contribution in [2.45, 2.75) is 6.61 Å². The standard InChI is InChI=1S/C16H12F2N2O6/c17-16(18)26-13-7-1-10(2-8-13)15(22)25-9-14(21)19-11-3-5-12(6-4-11)20(23)24/h1-8,16H,9H2,(H,19,21). The minimum absolute atomic E-state index is 0.0507. The molecule has 26 heavy (non-hydrogen) atoms. The van der Waals surface area contributed by atoms with Gasteiger partial charge >= 0.3 is 12.6 Å². The Balaban J connectivity index is 1.84. The molecule has 2 aromatic carbocycles. The predicted molar refractivity (Wildman–Crippen MR) is 85.1 cm³/mol. The maximum atomic E-state index is 12.0. The zero-order valence-electron chi connectivity index (χ0n) is 13.1. The van der Waals surface area contributed by atoms with E-state index in [9.17, 15) is 28.5 Å². The lowest BCUT2D eigenvalue weighted by Gasteiger charge is -2.07. The number of anilines is 1. The Labute approximate surface area is 145 Å². The first-order valence-electron chi connectivity index (χ1n) is 7.11. The van der Waals surface area contributed by atoms with Crippen molar-refractivity contribution >= 4 is 23.3 Å². The summed E-state index contributed by atoms with van der Waals surface area (Å²) in [5.74, 6) is -1.59. The summed E-state index contributed by atoms with van der Waals surface area (Å²) in [7, 11) is 0. The molecule has 0 saturated heterocycles. The summed E-state index contributed by atoms with van der Waals surface area (Å²) in [6, 6.07) is 9.86. The smallest absolute Gasteiger partial charge is 0.387 e. The number of nitrogens with one attached hydrogen (secondary N) is 1. The van der Waals surface area contributed by atoms with Gasteiger partial charge in [0.25, 0.3) is 11.6 Å². The van der Waals surface area contributed by atoms with Crippen LogP contribution in [0, 0.1) is 10.1 Å². The highest BCUT2D eigenvalue weighted by atomic mass is 19.3. The summed E-state index contributed by atoms with van der Waals surface area (Å²) in [5, 5.41) is 12.9. The van der Waals surface area contributed by atoms with Gasteiger partial charge < -0.3 is 14.8 Å². The summed E-state index contributed by atoms with van der Waals surface area (Å²) in [6.45, 7) is -3.57. The summed E-state index contributed by atoms with van der Waals surface area (Å²) in [6.07, 6.45) is 0. The molecule has 1 N–H and O–H groups in total. The average Bonchev–Trinajstić information content (AvgIpc) is 2.60. The molecule has 1 amide bonds. The second-order valence-corrected chi connectivity index (χ2v) is 4.83. The van der Waals surface area contributed by atoms with Gasteiger partial charge in [0.05, 0.1) is 10.5 Å². The Kier molecular flexibility index (Phi) is 6.15. The van der Waals surface area contributed by atoms with Gasteiger partial charge in [0.1, 0.15) is 5.75 Å². The van der Waals surface area contributed by atoms with Crippen molar-refractivity contribution in [2.75, 3.05) is 11.9 Å². The van der Waals surface area contributed by atoms with E-state index < -0.39 is 30.0 Å². The first-order valence-corrected chi connectivity index (χ1v) is 7.11. The molecule has 0 unspecified atom stereocenters. The molecular formula is C16H12F2N2O6. The largest absolute Gasteiger partial charge is 0.452 e. The van der Waals surface area contributed by atoms with Crippen LogP contribution in [0.1, 0.15) is 10.4 Å². The summed E-state index contributed by atoms with van der Waals surface area (Å²) in [4.78, 5) is 33.5. The number of hydrogen-bond acceptors (Lipinski definition) is 6. The van der Waals surface area contributed by atoms with Crippen LogP contribution in [0.25, 0.3) is 0 Å². The van der Waals surface area contributed by atoms with Crippen LogP contribution < -0.4 is 10.1 Å². The zero-order chi connectivity index (χ0) is 19.1. The second-order valence-electron chi connectivity index (χ2n) is 4.83. The van der Waals surface area contributed by atoms with Gasteiger partial charge in [0.2, 0.25) is 0 Å². The third-order valence-corrected chi connectivity index (χ3v) is 3.01. The molecule has 0 bridgehead atoms. The minimum atomic E-state index is -2.98. The predicted octanol–water partition coefficient (Wildman–Crippen LogP) is 2.99. The molecular weight excluding hydrogens is 354 g/mol. The van der Waals surface area contributed by atoms with Gasteiger partial charge in [-0.2, -0.15) is 8.78 Å². The van der Waals surface area contributed by atoms with Crippen molar-refractivity contribution in [3.63, 3.8) is 0 Å². The van der Waals surface area contributed by atoms with Crippen molar-refractivity contribution in [1.82, 2.24) is 0 Å². The van der Waals surface area contributed by atoms with Crippen LogP contribution >= 0.6 is 0 Å². The maximum Gasteiger partial charge on any atom is 0.387 e. The van der Waals surface area contributed by atoms with Crippen LogP contribution in [-0.4, -0.2) is 30.0 Å². The van der Waals surface area contributed by atoms with Gasteiger partial charge in [-0.05, 0) is 36.4 Å². The molecule has 136 valence electrons. The number of ether oxygens (including phenoxy) is 2. The van der Waals surface area contributed by atoms with Gasteiger partial charge in [-0.1, -0.05) is 0 Å². The molecule has 0 aromatic heterocycles. The quantitative estimate of drug-likeness (QED) is 0.458. The Hall–Kier alpha value is -3.56. The second kappa shape index (κ2) is 8.51. The Morgan fingerprint density at radius 1 is 1.08 bits per heavy atom. The molecule has 2 aromatic rings. The highest BCUT2D eigenvalue weighted by Gasteiger charge is 2.12. The molecule has 0 atom stereocenters. The number of amides is 1. The van der Waals surface area contributed by atoms with Gasteiger partial charge in [-0.3, -0.25) is 14.9 Å². The topological polar surface area (TPSA) is 108 Å². The number of hydrogen-bond donors (Lipinski definition) is 1. The van der Waals surface area contributed by atoms with E-state index in [1.165, 1.54) is 48.5 Å². The molecule has 0 aliphatic heterocycles. The van der Waals surface area contributed by atoms with E-state index >= 15 is 0 Å². The number of esters is 1. The fraction of sp³-hybridized carbons (Fsp3) is 0.125. The van der Waals surface area contributed by atoms with E-state index in [-0.39, 0.29) is 17.0 Å². The minimum Gasteiger partial charge on any atom is -0.452 e. The van der Waals surface area contributed by atoms with Crippen molar-refractivity contribution in [3.05, 3.63) is 64.2 Å². The lowest BCUT2D eigenvalue weighted by molar-refractivity contribution is -0.384. The molecule has 0 spiro atoms. The van der Waals surface area contributed by atoms with Crippen molar-refractivity contribution in [1.29, 1.82) is 0 Å². The van der Waals surface area contributed by atoms with Crippen molar-refractivity contribution in [2.24, 2.45) is 0 Å². The van der Waals surface area contributed by atoms with E-state index in [4.69, 9.17) is 4.74 Å². The highest BCUT2D eigenvalue weighted by molar-refractivity contribution is 5.95. The molecule has 0 fully saturated rings. The van der Waals surface area contributed by atoms with E-state index in [1.54, 1.807) is 0 Å². The van der Waals surface area contributed by atoms with Gasteiger partial charge in [-0.25, -0.2) is 4.79 Å². The normalized spacial score (nSPS) is 10.3. The Bertz CT molecular complexity index is 793. The highest BCUT2D eigenvalue weighted by Crippen LogP contribution is 2.16. The molecule has 0 radical (unpaired) electrons. The van der Waals surface area contributed by atoms with E-state index in [0.29, 0.717) is 5.69 Å². The summed E-state index contributed by atoms with van der Waals surface area (Å²) >= 11 is 0. The molecule has 10 heteroatoms. The molecule has 0 saturated carbocycles. The number of alkyl halides is 2. The van der Waals surface area contributed by atoms with Gasteiger partial charge in [0, 0.05) is 17.8 Å². The fourth-order valence-corrected chi connectivity index (χ4v) is 1.85. The zero-order valence-corrected chi connectivity index (χ0v) is 13.1.